The first-order valence-corrected chi connectivity index (χ1v) is 8.74. The zero-order valence-corrected chi connectivity index (χ0v) is 14.3. The van der Waals surface area contributed by atoms with E-state index in [9.17, 15) is 26.7 Å². The van der Waals surface area contributed by atoms with Crippen molar-refractivity contribution in [3.05, 3.63) is 34.9 Å². The number of alkyl halides is 5. The van der Waals surface area contributed by atoms with E-state index in [2.05, 4.69) is 10.2 Å². The summed E-state index contributed by atoms with van der Waals surface area (Å²) in [7, 11) is 0. The zero-order valence-electron chi connectivity index (χ0n) is 14.3. The van der Waals surface area contributed by atoms with Gasteiger partial charge in [0.1, 0.15) is 0 Å². The molecule has 2 heterocycles. The summed E-state index contributed by atoms with van der Waals surface area (Å²) in [6, 6.07) is 0. The lowest BCUT2D eigenvalue weighted by molar-refractivity contribution is -0.148. The van der Waals surface area contributed by atoms with Crippen molar-refractivity contribution >= 4 is 5.91 Å². The summed E-state index contributed by atoms with van der Waals surface area (Å²) < 4.78 is 66.4. The molecule has 3 aliphatic rings. The number of halogens is 5. The molecule has 1 aromatic rings. The SMILES string of the molecule is O=C(CCC1CCC2=CC(F)(F)C=C21)N1CCn2c(nnc2C(F)(F)F)C1. The van der Waals surface area contributed by atoms with Gasteiger partial charge in [-0.1, -0.05) is 0 Å². The molecule has 0 bridgehead atoms. The van der Waals surface area contributed by atoms with Gasteiger partial charge in [-0.05, 0) is 48.5 Å². The summed E-state index contributed by atoms with van der Waals surface area (Å²) in [6.45, 7) is 0.0959. The molecule has 1 atom stereocenters. The molecular weight excluding hydrogens is 371 g/mol. The highest BCUT2D eigenvalue weighted by Crippen LogP contribution is 2.46. The molecule has 0 radical (unpaired) electrons. The van der Waals surface area contributed by atoms with E-state index in [1.165, 1.54) is 4.90 Å². The molecule has 5 nitrogen and oxygen atoms in total. The molecule has 27 heavy (non-hydrogen) atoms. The van der Waals surface area contributed by atoms with Crippen molar-refractivity contribution in [2.45, 2.75) is 50.9 Å². The van der Waals surface area contributed by atoms with Gasteiger partial charge in [-0.3, -0.25) is 4.79 Å². The Morgan fingerprint density at radius 2 is 2.00 bits per heavy atom. The number of carbonyl (C=O) groups is 1. The van der Waals surface area contributed by atoms with Crippen LogP contribution in [0.25, 0.3) is 0 Å². The average molecular weight is 388 g/mol. The highest BCUT2D eigenvalue weighted by molar-refractivity contribution is 5.76. The van der Waals surface area contributed by atoms with Crippen LogP contribution in [0, 0.1) is 5.92 Å². The van der Waals surface area contributed by atoms with Crippen molar-refractivity contribution in [2.75, 3.05) is 6.54 Å². The van der Waals surface area contributed by atoms with E-state index in [4.69, 9.17) is 0 Å². The van der Waals surface area contributed by atoms with E-state index in [-0.39, 0.29) is 43.7 Å². The van der Waals surface area contributed by atoms with E-state index < -0.39 is 17.9 Å². The third-order valence-electron chi connectivity index (χ3n) is 5.35. The van der Waals surface area contributed by atoms with Crippen molar-refractivity contribution < 1.29 is 26.7 Å². The fraction of sp³-hybridized carbons (Fsp3) is 0.588. The average Bonchev–Trinajstić information content (AvgIpc) is 3.23. The number of hydrogen-bond acceptors (Lipinski definition) is 3. The summed E-state index contributed by atoms with van der Waals surface area (Å²) in [5.41, 5.74) is 1.31. The minimum Gasteiger partial charge on any atom is -0.333 e. The zero-order chi connectivity index (χ0) is 19.4. The first-order valence-electron chi connectivity index (χ1n) is 8.74. The Kier molecular flexibility index (Phi) is 4.12. The Labute approximate surface area is 151 Å². The maximum Gasteiger partial charge on any atom is 0.451 e. The third-order valence-corrected chi connectivity index (χ3v) is 5.35. The molecule has 0 saturated heterocycles. The van der Waals surface area contributed by atoms with Gasteiger partial charge in [0.2, 0.25) is 11.7 Å². The number of carbonyl (C=O) groups excluding carboxylic acids is 1. The standard InChI is InChI=1S/C17H17F5N4O/c18-16(19)7-11-2-1-10(12(11)8-16)3-4-14(27)25-5-6-26-13(9-25)23-24-15(26)17(20,21)22/h7-8,10H,1-6,9H2. The molecule has 0 aromatic carbocycles. The molecule has 2 aliphatic carbocycles. The molecule has 1 unspecified atom stereocenters. The maximum atomic E-state index is 13.4. The van der Waals surface area contributed by atoms with Crippen LogP contribution in [-0.2, 0) is 24.1 Å². The summed E-state index contributed by atoms with van der Waals surface area (Å²) in [4.78, 5) is 13.9. The molecule has 1 aromatic heterocycles. The number of aromatic nitrogens is 3. The Morgan fingerprint density at radius 1 is 1.22 bits per heavy atom. The van der Waals surface area contributed by atoms with Crippen molar-refractivity contribution in [3.63, 3.8) is 0 Å². The van der Waals surface area contributed by atoms with Crippen LogP contribution in [0.1, 0.15) is 37.3 Å². The normalized spacial score (nSPS) is 23.7. The smallest absolute Gasteiger partial charge is 0.333 e. The monoisotopic (exact) mass is 388 g/mol. The van der Waals surface area contributed by atoms with Gasteiger partial charge in [-0.25, -0.2) is 0 Å². The Bertz CT molecular complexity index is 839. The Balaban J connectivity index is 1.37. The number of rotatable bonds is 3. The van der Waals surface area contributed by atoms with E-state index in [0.29, 0.717) is 24.0 Å². The number of fused-ring (bicyclic) bond motifs is 2. The molecule has 1 amide bonds. The van der Waals surface area contributed by atoms with Crippen LogP contribution >= 0.6 is 0 Å². The molecular formula is C17H17F5N4O. The minimum absolute atomic E-state index is 0.0173. The molecule has 1 saturated carbocycles. The molecule has 1 aliphatic heterocycles. The second-order valence-corrected chi connectivity index (χ2v) is 7.12. The fourth-order valence-electron chi connectivity index (χ4n) is 4.08. The van der Waals surface area contributed by atoms with Crippen LogP contribution in [0.5, 0.6) is 0 Å². The van der Waals surface area contributed by atoms with Crippen LogP contribution < -0.4 is 0 Å². The predicted molar refractivity (Wildman–Crippen MR) is 83.5 cm³/mol. The summed E-state index contributed by atoms with van der Waals surface area (Å²) in [6.07, 6.45) is -0.664. The number of nitrogens with zero attached hydrogens (tertiary/aromatic N) is 4. The largest absolute Gasteiger partial charge is 0.451 e. The first-order chi connectivity index (χ1) is 12.6. The predicted octanol–water partition coefficient (Wildman–Crippen LogP) is 3.33. The highest BCUT2D eigenvalue weighted by Gasteiger charge is 2.40. The summed E-state index contributed by atoms with van der Waals surface area (Å²) >= 11 is 0. The van der Waals surface area contributed by atoms with E-state index in [1.807, 2.05) is 0 Å². The topological polar surface area (TPSA) is 51.0 Å². The van der Waals surface area contributed by atoms with Crippen LogP contribution in [0.4, 0.5) is 22.0 Å². The van der Waals surface area contributed by atoms with E-state index in [1.54, 1.807) is 0 Å². The fourth-order valence-corrected chi connectivity index (χ4v) is 4.08. The molecule has 0 spiro atoms. The summed E-state index contributed by atoms with van der Waals surface area (Å²) in [5, 5.41) is 6.74. The van der Waals surface area contributed by atoms with Crippen LogP contribution in [0.2, 0.25) is 0 Å². The van der Waals surface area contributed by atoms with Gasteiger partial charge in [0, 0.05) is 19.5 Å². The van der Waals surface area contributed by atoms with Crippen LogP contribution in [0.15, 0.2) is 23.3 Å². The van der Waals surface area contributed by atoms with Crippen molar-refractivity contribution in [3.8, 4) is 0 Å². The van der Waals surface area contributed by atoms with Crippen molar-refractivity contribution in [1.29, 1.82) is 0 Å². The van der Waals surface area contributed by atoms with Gasteiger partial charge in [0.15, 0.2) is 5.82 Å². The lowest BCUT2D eigenvalue weighted by Gasteiger charge is -2.28. The Hall–Kier alpha value is -2.26. The number of allylic oxidation sites excluding steroid dienone is 4. The molecule has 10 heteroatoms. The summed E-state index contributed by atoms with van der Waals surface area (Å²) in [5.74, 6) is -4.13. The lowest BCUT2D eigenvalue weighted by Crippen LogP contribution is -2.39. The quantitative estimate of drug-likeness (QED) is 0.747. The second kappa shape index (κ2) is 6.13. The highest BCUT2D eigenvalue weighted by atomic mass is 19.4. The van der Waals surface area contributed by atoms with Gasteiger partial charge in [0.25, 0.3) is 5.92 Å². The Morgan fingerprint density at radius 3 is 2.74 bits per heavy atom. The van der Waals surface area contributed by atoms with Gasteiger partial charge >= 0.3 is 6.18 Å². The van der Waals surface area contributed by atoms with E-state index in [0.717, 1.165) is 23.1 Å². The van der Waals surface area contributed by atoms with Gasteiger partial charge in [-0.15, -0.1) is 10.2 Å². The van der Waals surface area contributed by atoms with Gasteiger partial charge in [-0.2, -0.15) is 22.0 Å². The molecule has 0 N–H and O–H groups in total. The van der Waals surface area contributed by atoms with Gasteiger partial charge in [0.05, 0.1) is 6.54 Å². The number of hydrogen-bond donors (Lipinski definition) is 0. The second-order valence-electron chi connectivity index (χ2n) is 7.12. The third kappa shape index (κ3) is 3.37. The number of amides is 1. The van der Waals surface area contributed by atoms with Crippen LogP contribution in [-0.4, -0.2) is 38.0 Å². The van der Waals surface area contributed by atoms with E-state index >= 15 is 0 Å². The maximum absolute atomic E-state index is 13.4. The molecule has 146 valence electrons. The van der Waals surface area contributed by atoms with Crippen molar-refractivity contribution in [2.24, 2.45) is 5.92 Å². The van der Waals surface area contributed by atoms with Crippen LogP contribution in [0.3, 0.4) is 0 Å². The molecule has 4 rings (SSSR count). The van der Waals surface area contributed by atoms with Crippen molar-refractivity contribution in [1.82, 2.24) is 19.7 Å². The lowest BCUT2D eigenvalue weighted by atomic mass is 9.96. The first kappa shape index (κ1) is 18.1. The van der Waals surface area contributed by atoms with Gasteiger partial charge < -0.3 is 9.47 Å². The minimum atomic E-state index is -4.58. The molecule has 1 fully saturated rings.